The molecule has 34 heavy (non-hydrogen) atoms. The van der Waals surface area contributed by atoms with Crippen LogP contribution in [0.3, 0.4) is 0 Å². The van der Waals surface area contributed by atoms with E-state index in [1.807, 2.05) is 26.0 Å². The van der Waals surface area contributed by atoms with Crippen LogP contribution in [0.15, 0.2) is 42.7 Å². The summed E-state index contributed by atoms with van der Waals surface area (Å²) in [6.45, 7) is 7.35. The van der Waals surface area contributed by atoms with Crippen molar-refractivity contribution in [1.29, 1.82) is 0 Å². The zero-order valence-corrected chi connectivity index (χ0v) is 19.9. The monoisotopic (exact) mass is 470 g/mol. The van der Waals surface area contributed by atoms with Gasteiger partial charge in [-0.1, -0.05) is 26.0 Å². The van der Waals surface area contributed by atoms with E-state index in [0.717, 1.165) is 50.4 Å². The highest BCUT2D eigenvalue weighted by atomic mass is 19.2. The lowest BCUT2D eigenvalue weighted by Crippen LogP contribution is -2.41. The molecule has 1 unspecified atom stereocenters. The first-order chi connectivity index (χ1) is 16.4. The number of halogens is 2. The smallest absolute Gasteiger partial charge is 0.243 e. The van der Waals surface area contributed by atoms with Crippen LogP contribution < -0.4 is 10.1 Å². The molecular formula is C26H32F2N4O2. The SMILES string of the molecule is COc1ccc(CN2CCC(CNC(=O)C(C(C)C)n3cnc4cc(F)c(F)cc43)CC2)cc1. The Balaban J connectivity index is 1.32. The summed E-state index contributed by atoms with van der Waals surface area (Å²) in [5.41, 5.74) is 2.01. The number of nitrogens with one attached hydrogen (secondary N) is 1. The molecule has 0 spiro atoms. The van der Waals surface area contributed by atoms with Crippen molar-refractivity contribution >= 4 is 16.9 Å². The Kier molecular flexibility index (Phi) is 7.46. The van der Waals surface area contributed by atoms with Crippen LogP contribution in [0, 0.1) is 23.5 Å². The summed E-state index contributed by atoms with van der Waals surface area (Å²) in [6.07, 6.45) is 3.52. The quantitative estimate of drug-likeness (QED) is 0.525. The molecule has 2 aromatic carbocycles. The molecule has 4 rings (SSSR count). The van der Waals surface area contributed by atoms with Gasteiger partial charge in [0.1, 0.15) is 11.8 Å². The predicted molar refractivity (Wildman–Crippen MR) is 128 cm³/mol. The maximum atomic E-state index is 13.8. The summed E-state index contributed by atoms with van der Waals surface area (Å²) in [4.78, 5) is 19.7. The normalized spacial score (nSPS) is 16.2. The van der Waals surface area contributed by atoms with Gasteiger partial charge in [-0.05, 0) is 55.5 Å². The number of imidazole rings is 1. The zero-order valence-electron chi connectivity index (χ0n) is 19.9. The van der Waals surface area contributed by atoms with Crippen molar-refractivity contribution in [1.82, 2.24) is 19.8 Å². The van der Waals surface area contributed by atoms with Gasteiger partial charge < -0.3 is 14.6 Å². The van der Waals surface area contributed by atoms with Gasteiger partial charge in [0.15, 0.2) is 11.6 Å². The van der Waals surface area contributed by atoms with Crippen molar-refractivity contribution in [3.8, 4) is 5.75 Å². The van der Waals surface area contributed by atoms with Crippen LogP contribution >= 0.6 is 0 Å². The summed E-state index contributed by atoms with van der Waals surface area (Å²) in [5.74, 6) is -0.786. The number of carbonyl (C=O) groups is 1. The first kappa shape index (κ1) is 24.1. The van der Waals surface area contributed by atoms with Crippen LogP contribution in [0.25, 0.3) is 11.0 Å². The molecule has 182 valence electrons. The first-order valence-corrected chi connectivity index (χ1v) is 11.8. The molecule has 1 aliphatic heterocycles. The lowest BCUT2D eigenvalue weighted by Gasteiger charge is -2.32. The molecule has 1 fully saturated rings. The average Bonchev–Trinajstić information content (AvgIpc) is 3.21. The third-order valence-electron chi connectivity index (χ3n) is 6.65. The van der Waals surface area contributed by atoms with Crippen LogP contribution in [0.1, 0.15) is 38.3 Å². The van der Waals surface area contributed by atoms with E-state index in [0.29, 0.717) is 23.5 Å². The van der Waals surface area contributed by atoms with Gasteiger partial charge in [-0.25, -0.2) is 13.8 Å². The number of carbonyl (C=O) groups excluding carboxylic acids is 1. The fourth-order valence-corrected chi connectivity index (χ4v) is 4.68. The Morgan fingerprint density at radius 1 is 1.15 bits per heavy atom. The second-order valence-corrected chi connectivity index (χ2v) is 9.41. The van der Waals surface area contributed by atoms with E-state index in [1.54, 1.807) is 11.7 Å². The number of methoxy groups -OCH3 is 1. The minimum absolute atomic E-state index is 0.0446. The molecule has 8 heteroatoms. The minimum Gasteiger partial charge on any atom is -0.497 e. The van der Waals surface area contributed by atoms with Gasteiger partial charge in [-0.3, -0.25) is 9.69 Å². The lowest BCUT2D eigenvalue weighted by atomic mass is 9.95. The Bertz CT molecular complexity index is 1120. The highest BCUT2D eigenvalue weighted by molar-refractivity contribution is 5.84. The van der Waals surface area contributed by atoms with E-state index in [9.17, 15) is 13.6 Å². The molecular weight excluding hydrogens is 438 g/mol. The molecule has 2 heterocycles. The van der Waals surface area contributed by atoms with Crippen molar-refractivity contribution in [2.45, 2.75) is 39.3 Å². The number of ether oxygens (including phenoxy) is 1. The van der Waals surface area contributed by atoms with E-state index >= 15 is 0 Å². The largest absolute Gasteiger partial charge is 0.497 e. The summed E-state index contributed by atoms with van der Waals surface area (Å²) < 4.78 is 34.3. The fourth-order valence-electron chi connectivity index (χ4n) is 4.68. The van der Waals surface area contributed by atoms with Gasteiger partial charge in [0.25, 0.3) is 0 Å². The van der Waals surface area contributed by atoms with E-state index < -0.39 is 17.7 Å². The summed E-state index contributed by atoms with van der Waals surface area (Å²) in [7, 11) is 1.67. The van der Waals surface area contributed by atoms with Crippen molar-refractivity contribution in [2.24, 2.45) is 11.8 Å². The number of fused-ring (bicyclic) bond motifs is 1. The maximum absolute atomic E-state index is 13.8. The first-order valence-electron chi connectivity index (χ1n) is 11.8. The van der Waals surface area contributed by atoms with Crippen LogP contribution in [-0.2, 0) is 11.3 Å². The van der Waals surface area contributed by atoms with Gasteiger partial charge in [0.05, 0.1) is 24.5 Å². The average molecular weight is 471 g/mol. The summed E-state index contributed by atoms with van der Waals surface area (Å²) >= 11 is 0. The highest BCUT2D eigenvalue weighted by Gasteiger charge is 2.27. The third-order valence-corrected chi connectivity index (χ3v) is 6.65. The Labute approximate surface area is 198 Å². The summed E-state index contributed by atoms with van der Waals surface area (Å²) in [6, 6.07) is 9.78. The van der Waals surface area contributed by atoms with Crippen LogP contribution in [0.2, 0.25) is 0 Å². The van der Waals surface area contributed by atoms with Crippen molar-refractivity contribution in [2.75, 3.05) is 26.7 Å². The Morgan fingerprint density at radius 2 is 1.82 bits per heavy atom. The van der Waals surface area contributed by atoms with Crippen LogP contribution in [0.4, 0.5) is 8.78 Å². The Morgan fingerprint density at radius 3 is 2.47 bits per heavy atom. The topological polar surface area (TPSA) is 59.4 Å². The van der Waals surface area contributed by atoms with E-state index in [4.69, 9.17) is 4.74 Å². The van der Waals surface area contributed by atoms with Crippen molar-refractivity contribution in [3.05, 3.63) is 59.9 Å². The van der Waals surface area contributed by atoms with Gasteiger partial charge in [-0.2, -0.15) is 0 Å². The number of benzene rings is 2. The van der Waals surface area contributed by atoms with Gasteiger partial charge in [0.2, 0.25) is 5.91 Å². The molecule has 6 nitrogen and oxygen atoms in total. The van der Waals surface area contributed by atoms with Crippen molar-refractivity contribution < 1.29 is 18.3 Å². The van der Waals surface area contributed by atoms with Gasteiger partial charge in [0, 0.05) is 25.2 Å². The molecule has 0 aliphatic carbocycles. The second-order valence-electron chi connectivity index (χ2n) is 9.41. The predicted octanol–water partition coefficient (Wildman–Crippen LogP) is 4.55. The van der Waals surface area contributed by atoms with E-state index in [2.05, 4.69) is 27.3 Å². The number of nitrogens with zero attached hydrogens (tertiary/aromatic N) is 3. The van der Waals surface area contributed by atoms with Gasteiger partial charge in [-0.15, -0.1) is 0 Å². The Hall–Kier alpha value is -3.00. The summed E-state index contributed by atoms with van der Waals surface area (Å²) in [5, 5.41) is 3.10. The molecule has 0 radical (unpaired) electrons. The van der Waals surface area contributed by atoms with Crippen molar-refractivity contribution in [3.63, 3.8) is 0 Å². The molecule has 0 bridgehead atoms. The number of hydrogen-bond donors (Lipinski definition) is 1. The molecule has 1 atom stereocenters. The molecule has 0 saturated carbocycles. The maximum Gasteiger partial charge on any atom is 0.243 e. The fraction of sp³-hybridized carbons (Fsp3) is 0.462. The minimum atomic E-state index is -0.946. The number of piperidine rings is 1. The molecule has 3 aromatic rings. The second kappa shape index (κ2) is 10.5. The van der Waals surface area contributed by atoms with Gasteiger partial charge >= 0.3 is 0 Å². The highest BCUT2D eigenvalue weighted by Crippen LogP contribution is 2.26. The molecule has 1 aromatic heterocycles. The van der Waals surface area contributed by atoms with E-state index in [-0.39, 0.29) is 11.8 Å². The third kappa shape index (κ3) is 5.38. The number of aromatic nitrogens is 2. The lowest BCUT2D eigenvalue weighted by molar-refractivity contribution is -0.125. The zero-order chi connectivity index (χ0) is 24.2. The standard InChI is InChI=1S/C26H32F2N4O2/c1-17(2)25(32-16-30-23-12-21(27)22(28)13-24(23)32)26(33)29-14-18-8-10-31(11-9-18)15-19-4-6-20(34-3)7-5-19/h4-7,12-13,16-18,25H,8-11,14-15H2,1-3H3,(H,29,33). The molecule has 1 amide bonds. The van der Waals surface area contributed by atoms with Crippen LogP contribution in [0.5, 0.6) is 5.75 Å². The van der Waals surface area contributed by atoms with E-state index in [1.165, 1.54) is 11.9 Å². The molecule has 1 N–H and O–H groups in total. The van der Waals surface area contributed by atoms with Crippen LogP contribution in [-0.4, -0.2) is 47.1 Å². The number of rotatable bonds is 8. The molecule has 1 saturated heterocycles. The number of likely N-dealkylation sites (tertiary alicyclic amines) is 1. The number of amides is 1. The number of hydrogen-bond acceptors (Lipinski definition) is 4. The molecule has 1 aliphatic rings.